The highest BCUT2D eigenvalue weighted by Gasteiger charge is 2.38. The third-order valence-electron chi connectivity index (χ3n) is 2.05. The smallest absolute Gasteiger partial charge is 0.302 e. The highest BCUT2D eigenvalue weighted by atomic mass is 79.9. The molecule has 0 saturated carbocycles. The van der Waals surface area contributed by atoms with Crippen LogP contribution in [0.15, 0.2) is 0 Å². The minimum atomic E-state index is -4.14. The average Bonchev–Trinajstić information content (AvgIpc) is 2.10. The molecule has 0 amide bonds. The molecule has 0 aromatic heterocycles. The van der Waals surface area contributed by atoms with Crippen LogP contribution in [0, 0.1) is 0 Å². The second-order valence-electron chi connectivity index (χ2n) is 3.26. The lowest BCUT2D eigenvalue weighted by atomic mass is 10.3. The third-order valence-corrected chi connectivity index (χ3v) is 2.86. The van der Waals surface area contributed by atoms with E-state index in [2.05, 4.69) is 15.9 Å². The highest BCUT2D eigenvalue weighted by molar-refractivity contribution is 9.09. The molecule has 1 unspecified atom stereocenters. The van der Waals surface area contributed by atoms with E-state index in [1.165, 1.54) is 0 Å². The van der Waals surface area contributed by atoms with E-state index in [0.29, 0.717) is 6.54 Å². The largest absolute Gasteiger partial charge is 0.402 e. The first-order valence-electron chi connectivity index (χ1n) is 4.84. The zero-order valence-corrected chi connectivity index (χ0v) is 10.2. The van der Waals surface area contributed by atoms with E-state index in [1.54, 1.807) is 0 Å². The fourth-order valence-electron chi connectivity index (χ4n) is 1.09. The fraction of sp³-hybridized carbons (Fsp3) is 1.00. The molecule has 0 fully saturated rings. The summed E-state index contributed by atoms with van der Waals surface area (Å²) in [6, 6.07) is 0. The minimum Gasteiger partial charge on any atom is -0.302 e. The second-order valence-corrected chi connectivity index (χ2v) is 4.36. The van der Waals surface area contributed by atoms with E-state index < -0.39 is 11.0 Å². The Labute approximate surface area is 91.8 Å². The van der Waals surface area contributed by atoms with Crippen LogP contribution in [0.1, 0.15) is 26.7 Å². The van der Waals surface area contributed by atoms with E-state index in [9.17, 15) is 13.2 Å². The van der Waals surface area contributed by atoms with Crippen LogP contribution in [0.25, 0.3) is 0 Å². The summed E-state index contributed by atoms with van der Waals surface area (Å²) < 4.78 is 36.6. The molecule has 86 valence electrons. The maximum absolute atomic E-state index is 12.2. The van der Waals surface area contributed by atoms with Gasteiger partial charge in [-0.2, -0.15) is 13.2 Å². The van der Waals surface area contributed by atoms with Crippen molar-refractivity contribution in [3.63, 3.8) is 0 Å². The second kappa shape index (κ2) is 6.67. The predicted octanol–water partition coefficient (Wildman–Crippen LogP) is 3.43. The van der Waals surface area contributed by atoms with E-state index in [0.717, 1.165) is 19.4 Å². The van der Waals surface area contributed by atoms with Gasteiger partial charge in [-0.1, -0.05) is 36.2 Å². The lowest BCUT2D eigenvalue weighted by Gasteiger charge is -2.24. The molecule has 5 heteroatoms. The van der Waals surface area contributed by atoms with Gasteiger partial charge < -0.3 is 4.90 Å². The Kier molecular flexibility index (Phi) is 6.78. The topological polar surface area (TPSA) is 3.24 Å². The molecule has 0 rings (SSSR count). The Bertz CT molecular complexity index is 149. The van der Waals surface area contributed by atoms with Crippen LogP contribution in [0.2, 0.25) is 0 Å². The first kappa shape index (κ1) is 14.2. The summed E-state index contributed by atoms with van der Waals surface area (Å²) in [5.74, 6) is 0. The molecule has 1 atom stereocenters. The molecule has 0 aromatic carbocycles. The molecule has 0 aliphatic carbocycles. The maximum Gasteiger partial charge on any atom is 0.402 e. The highest BCUT2D eigenvalue weighted by Crippen LogP contribution is 2.26. The first-order chi connectivity index (χ1) is 6.41. The van der Waals surface area contributed by atoms with Gasteiger partial charge in [-0.05, 0) is 19.5 Å². The monoisotopic (exact) mass is 275 g/mol. The van der Waals surface area contributed by atoms with Gasteiger partial charge in [0.2, 0.25) is 0 Å². The van der Waals surface area contributed by atoms with Crippen LogP contribution in [-0.2, 0) is 0 Å². The van der Waals surface area contributed by atoms with Crippen molar-refractivity contribution in [2.45, 2.75) is 37.7 Å². The summed E-state index contributed by atoms with van der Waals surface area (Å²) in [6.45, 7) is 5.36. The van der Waals surface area contributed by atoms with Crippen LogP contribution in [0.5, 0.6) is 0 Å². The number of hydrogen-bond acceptors (Lipinski definition) is 1. The van der Waals surface area contributed by atoms with Gasteiger partial charge in [0.05, 0.1) is 0 Å². The Balaban J connectivity index is 3.92. The molecular weight excluding hydrogens is 259 g/mol. The van der Waals surface area contributed by atoms with E-state index >= 15 is 0 Å². The van der Waals surface area contributed by atoms with Crippen molar-refractivity contribution < 1.29 is 13.2 Å². The summed E-state index contributed by atoms with van der Waals surface area (Å²) >= 11 is 2.67. The summed E-state index contributed by atoms with van der Waals surface area (Å²) in [4.78, 5) is 0.406. The van der Waals surface area contributed by atoms with Gasteiger partial charge in [-0.15, -0.1) is 0 Å². The van der Waals surface area contributed by atoms with Gasteiger partial charge in [0.25, 0.3) is 0 Å². The summed E-state index contributed by atoms with van der Waals surface area (Å²) in [6.07, 6.45) is -2.18. The lowest BCUT2D eigenvalue weighted by molar-refractivity contribution is -0.130. The Morgan fingerprint density at radius 3 is 2.21 bits per heavy atom. The molecule has 0 aliphatic heterocycles. The van der Waals surface area contributed by atoms with Crippen LogP contribution in [-0.4, -0.2) is 35.5 Å². The molecule has 0 aliphatic rings. The van der Waals surface area contributed by atoms with Crippen molar-refractivity contribution in [3.05, 3.63) is 0 Å². The Hall–Kier alpha value is 0.230. The fourth-order valence-corrected chi connectivity index (χ4v) is 1.50. The van der Waals surface area contributed by atoms with Crippen LogP contribution in [0.4, 0.5) is 13.2 Å². The van der Waals surface area contributed by atoms with E-state index in [-0.39, 0.29) is 6.54 Å². The van der Waals surface area contributed by atoms with Crippen molar-refractivity contribution in [1.82, 2.24) is 4.90 Å². The average molecular weight is 276 g/mol. The first-order valence-corrected chi connectivity index (χ1v) is 5.76. The van der Waals surface area contributed by atoms with Crippen molar-refractivity contribution in [1.29, 1.82) is 0 Å². The van der Waals surface area contributed by atoms with Gasteiger partial charge in [0, 0.05) is 6.54 Å². The molecular formula is C9H17BrF3N. The molecule has 0 radical (unpaired) electrons. The summed E-state index contributed by atoms with van der Waals surface area (Å²) in [5, 5.41) is 0. The zero-order chi connectivity index (χ0) is 11.2. The van der Waals surface area contributed by atoms with Gasteiger partial charge in [-0.25, -0.2) is 0 Å². The Morgan fingerprint density at radius 2 is 1.86 bits per heavy atom. The van der Waals surface area contributed by atoms with E-state index in [1.807, 2.05) is 18.7 Å². The van der Waals surface area contributed by atoms with Gasteiger partial charge >= 0.3 is 6.18 Å². The number of alkyl halides is 4. The molecule has 0 bridgehead atoms. The number of hydrogen-bond donors (Lipinski definition) is 0. The quantitative estimate of drug-likeness (QED) is 0.672. The van der Waals surface area contributed by atoms with Gasteiger partial charge in [-0.3, -0.25) is 0 Å². The predicted molar refractivity (Wildman–Crippen MR) is 55.8 cm³/mol. The summed E-state index contributed by atoms with van der Waals surface area (Å²) in [5.41, 5.74) is 0. The Morgan fingerprint density at radius 1 is 1.29 bits per heavy atom. The number of unbranched alkanes of at least 4 members (excludes halogenated alkanes) is 1. The summed E-state index contributed by atoms with van der Waals surface area (Å²) in [7, 11) is 0. The van der Waals surface area contributed by atoms with Crippen molar-refractivity contribution in [2.24, 2.45) is 0 Å². The standard InChI is InChI=1S/C9H17BrF3N/c1-3-5-6-14(4-2)7-8(10)9(11,12)13/h8H,3-7H2,1-2H3. The molecule has 0 heterocycles. The van der Waals surface area contributed by atoms with Crippen molar-refractivity contribution in [2.75, 3.05) is 19.6 Å². The van der Waals surface area contributed by atoms with Gasteiger partial charge in [0.15, 0.2) is 0 Å². The molecule has 0 aromatic rings. The van der Waals surface area contributed by atoms with Crippen LogP contribution in [0.3, 0.4) is 0 Å². The molecule has 0 spiro atoms. The molecule has 0 saturated heterocycles. The number of halogens is 4. The minimum absolute atomic E-state index is 0.0417. The van der Waals surface area contributed by atoms with E-state index in [4.69, 9.17) is 0 Å². The molecule has 0 N–H and O–H groups in total. The molecule has 1 nitrogen and oxygen atoms in total. The maximum atomic E-state index is 12.2. The normalized spacial score (nSPS) is 14.8. The van der Waals surface area contributed by atoms with Gasteiger partial charge in [0.1, 0.15) is 4.83 Å². The lowest BCUT2D eigenvalue weighted by Crippen LogP contribution is -2.37. The van der Waals surface area contributed by atoms with Crippen LogP contribution >= 0.6 is 15.9 Å². The number of rotatable bonds is 6. The van der Waals surface area contributed by atoms with Crippen LogP contribution < -0.4 is 0 Å². The number of nitrogens with zero attached hydrogens (tertiary/aromatic N) is 1. The third kappa shape index (κ3) is 5.86. The van der Waals surface area contributed by atoms with Crippen molar-refractivity contribution >= 4 is 15.9 Å². The zero-order valence-electron chi connectivity index (χ0n) is 8.57. The van der Waals surface area contributed by atoms with Crippen molar-refractivity contribution in [3.8, 4) is 0 Å². The molecule has 14 heavy (non-hydrogen) atoms. The SMILES string of the molecule is CCCCN(CC)CC(Br)C(F)(F)F.